The van der Waals surface area contributed by atoms with Crippen molar-refractivity contribution in [1.29, 1.82) is 0 Å². The van der Waals surface area contributed by atoms with Gasteiger partial charge in [-0.05, 0) is 26.3 Å². The molecule has 0 unspecified atom stereocenters. The highest BCUT2D eigenvalue weighted by Crippen LogP contribution is 2.22. The second-order valence-electron chi connectivity index (χ2n) is 4.16. The number of aliphatic hydroxyl groups excluding tert-OH is 1. The van der Waals surface area contributed by atoms with Gasteiger partial charge in [0.15, 0.2) is 0 Å². The highest BCUT2D eigenvalue weighted by Gasteiger charge is 2.21. The Balaban J connectivity index is 2.72. The molecule has 1 aromatic rings. The number of carbonyl (C=O) groups excluding carboxylic acids is 1. The third kappa shape index (κ3) is 3.40. The molecule has 90 valence electrons. The zero-order valence-electron chi connectivity index (χ0n) is 9.10. The normalized spacial score (nSPS) is 11.6. The van der Waals surface area contributed by atoms with Crippen molar-refractivity contribution in [1.82, 2.24) is 10.3 Å². The molecule has 1 aromatic heterocycles. The van der Waals surface area contributed by atoms with Crippen molar-refractivity contribution in [2.24, 2.45) is 0 Å². The van der Waals surface area contributed by atoms with E-state index >= 15 is 0 Å². The highest BCUT2D eigenvalue weighted by molar-refractivity contribution is 6.41. The number of rotatable bonds is 4. The van der Waals surface area contributed by atoms with E-state index < -0.39 is 5.54 Å². The van der Waals surface area contributed by atoms with Crippen LogP contribution < -0.4 is 5.32 Å². The molecule has 1 rings (SSSR count). The Kier molecular flexibility index (Phi) is 4.24. The van der Waals surface area contributed by atoms with Crippen molar-refractivity contribution in [2.45, 2.75) is 25.8 Å². The molecule has 0 saturated heterocycles. The number of halogens is 2. The Morgan fingerprint density at radius 2 is 2.19 bits per heavy atom. The Labute approximate surface area is 104 Å². The number of aliphatic hydroxyl groups is 1. The molecule has 0 spiro atoms. The fourth-order valence-corrected chi connectivity index (χ4v) is 1.56. The van der Waals surface area contributed by atoms with Gasteiger partial charge in [-0.3, -0.25) is 4.79 Å². The fourth-order valence-electron chi connectivity index (χ4n) is 1.24. The molecule has 0 fully saturated rings. The van der Waals surface area contributed by atoms with Gasteiger partial charge in [0.2, 0.25) is 0 Å². The van der Waals surface area contributed by atoms with Crippen molar-refractivity contribution in [2.75, 3.05) is 6.61 Å². The van der Waals surface area contributed by atoms with Gasteiger partial charge in [-0.2, -0.15) is 0 Å². The molecular weight excluding hydrogens is 251 g/mol. The predicted octanol–water partition coefficient (Wildman–Crippen LogP) is 2.21. The second kappa shape index (κ2) is 5.08. The molecule has 1 heterocycles. The van der Waals surface area contributed by atoms with Crippen LogP contribution in [0.4, 0.5) is 0 Å². The summed E-state index contributed by atoms with van der Waals surface area (Å²) in [4.78, 5) is 14.4. The molecule has 0 aliphatic carbocycles. The summed E-state index contributed by atoms with van der Waals surface area (Å²) in [6, 6.07) is 1.47. The minimum atomic E-state index is -0.476. The first-order chi connectivity index (χ1) is 7.35. The summed E-state index contributed by atoms with van der Waals surface area (Å²) in [7, 11) is 0. The standard InChI is InChI=1S/C10H14Cl2N2O2/c1-10(2,3-4-15)14-9(16)7-5-6(11)8(12)13-7/h5,13,15H,3-4H2,1-2H3,(H,14,16). The highest BCUT2D eigenvalue weighted by atomic mass is 35.5. The Morgan fingerprint density at radius 3 is 2.62 bits per heavy atom. The fraction of sp³-hybridized carbons (Fsp3) is 0.500. The molecule has 6 heteroatoms. The summed E-state index contributed by atoms with van der Waals surface area (Å²) in [6.45, 7) is 3.67. The van der Waals surface area contributed by atoms with E-state index in [9.17, 15) is 4.79 Å². The van der Waals surface area contributed by atoms with Crippen molar-refractivity contribution >= 4 is 29.1 Å². The number of aromatic nitrogens is 1. The van der Waals surface area contributed by atoms with Crippen LogP contribution in [0.3, 0.4) is 0 Å². The van der Waals surface area contributed by atoms with Gasteiger partial charge < -0.3 is 15.4 Å². The lowest BCUT2D eigenvalue weighted by Gasteiger charge is -2.24. The molecule has 1 amide bonds. The molecule has 3 N–H and O–H groups in total. The third-order valence-electron chi connectivity index (χ3n) is 2.16. The summed E-state index contributed by atoms with van der Waals surface area (Å²) >= 11 is 11.4. The SMILES string of the molecule is CC(C)(CCO)NC(=O)c1cc(Cl)c(Cl)[nH]1. The van der Waals surface area contributed by atoms with Gasteiger partial charge in [-0.25, -0.2) is 0 Å². The number of amides is 1. The van der Waals surface area contributed by atoms with E-state index in [2.05, 4.69) is 10.3 Å². The Hall–Kier alpha value is -0.710. The topological polar surface area (TPSA) is 65.1 Å². The van der Waals surface area contributed by atoms with Crippen molar-refractivity contribution in [3.8, 4) is 0 Å². The van der Waals surface area contributed by atoms with E-state index in [4.69, 9.17) is 28.3 Å². The van der Waals surface area contributed by atoms with Gasteiger partial charge in [0, 0.05) is 12.1 Å². The smallest absolute Gasteiger partial charge is 0.268 e. The van der Waals surface area contributed by atoms with E-state index in [0.717, 1.165) is 0 Å². The summed E-state index contributed by atoms with van der Waals surface area (Å²) in [5.74, 6) is -0.299. The summed E-state index contributed by atoms with van der Waals surface area (Å²) in [6.07, 6.45) is 0.473. The van der Waals surface area contributed by atoms with Gasteiger partial charge in [0.05, 0.1) is 5.02 Å². The maximum atomic E-state index is 11.8. The van der Waals surface area contributed by atoms with Gasteiger partial charge in [0.25, 0.3) is 5.91 Å². The minimum absolute atomic E-state index is 0.0134. The molecule has 0 radical (unpaired) electrons. The average Bonchev–Trinajstić information content (AvgIpc) is 2.46. The summed E-state index contributed by atoms with van der Waals surface area (Å²) in [5, 5.41) is 12.2. The van der Waals surface area contributed by atoms with Crippen LogP contribution in [0.15, 0.2) is 6.07 Å². The number of aromatic amines is 1. The quantitative estimate of drug-likeness (QED) is 0.781. The van der Waals surface area contributed by atoms with E-state index in [0.29, 0.717) is 17.1 Å². The van der Waals surface area contributed by atoms with Crippen LogP contribution in [0, 0.1) is 0 Å². The molecule has 0 saturated carbocycles. The third-order valence-corrected chi connectivity index (χ3v) is 2.85. The lowest BCUT2D eigenvalue weighted by molar-refractivity contribution is 0.0895. The summed E-state index contributed by atoms with van der Waals surface area (Å²) in [5.41, 5.74) is -0.170. The average molecular weight is 265 g/mol. The molecule has 0 aliphatic heterocycles. The number of hydrogen-bond donors (Lipinski definition) is 3. The van der Waals surface area contributed by atoms with E-state index in [1.807, 2.05) is 13.8 Å². The van der Waals surface area contributed by atoms with Crippen LogP contribution in [0.25, 0.3) is 0 Å². The van der Waals surface area contributed by atoms with Crippen LogP contribution in [-0.4, -0.2) is 28.1 Å². The van der Waals surface area contributed by atoms with Crippen LogP contribution in [-0.2, 0) is 0 Å². The molecule has 0 aromatic carbocycles. The van der Waals surface area contributed by atoms with E-state index in [-0.39, 0.29) is 17.7 Å². The van der Waals surface area contributed by atoms with Crippen LogP contribution in [0.1, 0.15) is 30.8 Å². The Bertz CT molecular complexity index is 369. The first-order valence-corrected chi connectivity index (χ1v) is 5.59. The molecule has 4 nitrogen and oxygen atoms in total. The van der Waals surface area contributed by atoms with Gasteiger partial charge >= 0.3 is 0 Å². The molecule has 0 bridgehead atoms. The van der Waals surface area contributed by atoms with Gasteiger partial charge in [-0.1, -0.05) is 23.2 Å². The van der Waals surface area contributed by atoms with E-state index in [1.165, 1.54) is 6.07 Å². The second-order valence-corrected chi connectivity index (χ2v) is 4.94. The minimum Gasteiger partial charge on any atom is -0.396 e. The zero-order valence-corrected chi connectivity index (χ0v) is 10.6. The number of hydrogen-bond acceptors (Lipinski definition) is 2. The van der Waals surface area contributed by atoms with Crippen molar-refractivity contribution in [3.63, 3.8) is 0 Å². The molecule has 0 aliphatic rings. The molecule has 0 atom stereocenters. The number of nitrogens with one attached hydrogen (secondary N) is 2. The lowest BCUT2D eigenvalue weighted by Crippen LogP contribution is -2.44. The van der Waals surface area contributed by atoms with Crippen molar-refractivity contribution in [3.05, 3.63) is 21.9 Å². The zero-order chi connectivity index (χ0) is 12.3. The lowest BCUT2D eigenvalue weighted by atomic mass is 10.0. The van der Waals surface area contributed by atoms with E-state index in [1.54, 1.807) is 0 Å². The Morgan fingerprint density at radius 1 is 1.56 bits per heavy atom. The molecule has 16 heavy (non-hydrogen) atoms. The largest absolute Gasteiger partial charge is 0.396 e. The summed E-state index contributed by atoms with van der Waals surface area (Å²) < 4.78 is 0. The molecular formula is C10H14Cl2N2O2. The van der Waals surface area contributed by atoms with Crippen LogP contribution in [0.2, 0.25) is 10.2 Å². The van der Waals surface area contributed by atoms with Crippen LogP contribution >= 0.6 is 23.2 Å². The predicted molar refractivity (Wildman–Crippen MR) is 64.1 cm³/mol. The van der Waals surface area contributed by atoms with Crippen LogP contribution in [0.5, 0.6) is 0 Å². The first kappa shape index (κ1) is 13.4. The number of carbonyl (C=O) groups is 1. The maximum Gasteiger partial charge on any atom is 0.268 e. The maximum absolute atomic E-state index is 11.8. The monoisotopic (exact) mass is 264 g/mol. The first-order valence-electron chi connectivity index (χ1n) is 4.83. The van der Waals surface area contributed by atoms with Gasteiger partial charge in [0.1, 0.15) is 10.8 Å². The van der Waals surface area contributed by atoms with Crippen molar-refractivity contribution < 1.29 is 9.90 Å². The number of H-pyrrole nitrogens is 1. The van der Waals surface area contributed by atoms with Gasteiger partial charge in [-0.15, -0.1) is 0 Å².